The van der Waals surface area contributed by atoms with Gasteiger partial charge in [0.05, 0.1) is 19.4 Å². The van der Waals surface area contributed by atoms with E-state index < -0.39 is 23.4 Å². The van der Waals surface area contributed by atoms with Crippen molar-refractivity contribution in [3.05, 3.63) is 135 Å². The number of rotatable bonds is 4. The lowest BCUT2D eigenvalue weighted by Crippen LogP contribution is -2.43. The molecule has 1 spiro atoms. The predicted molar refractivity (Wildman–Crippen MR) is 151 cm³/mol. The third-order valence-corrected chi connectivity index (χ3v) is 8.70. The SMILES string of the molecule is COc1ccc([C@@H]2[C@@H](C(=O)c3ccc(Cl)cc3)N3N=Cc4ccccc4[C@@H]3C23C(=O)c2ccccc2C3=O)cc1. The number of hydrogen-bond donors (Lipinski definition) is 0. The van der Waals surface area contributed by atoms with Crippen molar-refractivity contribution < 1.29 is 19.1 Å². The fraction of sp³-hybridized carbons (Fsp3) is 0.152. The number of hydrogen-bond acceptors (Lipinski definition) is 6. The highest BCUT2D eigenvalue weighted by Crippen LogP contribution is 2.64. The normalized spacial score (nSPS) is 21.8. The van der Waals surface area contributed by atoms with Gasteiger partial charge in [0.2, 0.25) is 0 Å². The number of carbonyl (C=O) groups is 3. The van der Waals surface area contributed by atoms with Crippen molar-refractivity contribution in [3.63, 3.8) is 0 Å². The third kappa shape index (κ3) is 3.23. The van der Waals surface area contributed by atoms with Crippen molar-refractivity contribution in [3.8, 4) is 5.75 Å². The number of ether oxygens (including phenoxy) is 1. The summed E-state index contributed by atoms with van der Waals surface area (Å²) in [6, 6.07) is 26.8. The van der Waals surface area contributed by atoms with Crippen LogP contribution in [-0.2, 0) is 0 Å². The first-order valence-electron chi connectivity index (χ1n) is 13.0. The van der Waals surface area contributed by atoms with Crippen LogP contribution in [-0.4, -0.2) is 41.7 Å². The molecule has 1 fully saturated rings. The van der Waals surface area contributed by atoms with E-state index in [9.17, 15) is 14.4 Å². The van der Waals surface area contributed by atoms with E-state index in [0.29, 0.717) is 33.0 Å². The maximum atomic E-state index is 14.7. The van der Waals surface area contributed by atoms with Crippen LogP contribution in [0.25, 0.3) is 0 Å². The number of Topliss-reactive ketones (excluding diaryl/α,β-unsaturated/α-hetero) is 3. The van der Waals surface area contributed by atoms with E-state index in [0.717, 1.165) is 11.1 Å². The van der Waals surface area contributed by atoms with Crippen LogP contribution in [0, 0.1) is 5.41 Å². The Hall–Kier alpha value is -4.55. The molecule has 0 bridgehead atoms. The van der Waals surface area contributed by atoms with Crippen LogP contribution in [0.1, 0.15) is 59.7 Å². The van der Waals surface area contributed by atoms with Gasteiger partial charge in [-0.25, -0.2) is 0 Å². The van der Waals surface area contributed by atoms with E-state index in [1.165, 1.54) is 0 Å². The monoisotopic (exact) mass is 546 g/mol. The summed E-state index contributed by atoms with van der Waals surface area (Å²) in [5.74, 6) is -1.02. The number of benzene rings is 4. The first-order chi connectivity index (χ1) is 19.5. The topological polar surface area (TPSA) is 76.0 Å². The van der Waals surface area contributed by atoms with Gasteiger partial charge in [0.25, 0.3) is 0 Å². The highest BCUT2D eigenvalue weighted by atomic mass is 35.5. The van der Waals surface area contributed by atoms with E-state index in [-0.39, 0.29) is 17.3 Å². The lowest BCUT2D eigenvalue weighted by Gasteiger charge is -2.36. The number of ketones is 3. The zero-order valence-corrected chi connectivity index (χ0v) is 22.2. The Labute approximate surface area is 235 Å². The molecule has 0 amide bonds. The molecular formula is C33H23ClN2O4. The Morgan fingerprint density at radius 2 is 1.48 bits per heavy atom. The number of methoxy groups -OCH3 is 1. The lowest BCUT2D eigenvalue weighted by molar-refractivity contribution is 0.0586. The van der Waals surface area contributed by atoms with Crippen molar-refractivity contribution in [1.29, 1.82) is 0 Å². The highest BCUT2D eigenvalue weighted by Gasteiger charge is 2.72. The molecular weight excluding hydrogens is 524 g/mol. The van der Waals surface area contributed by atoms with Crippen LogP contribution < -0.4 is 4.74 Å². The largest absolute Gasteiger partial charge is 0.497 e. The van der Waals surface area contributed by atoms with Crippen molar-refractivity contribution in [2.45, 2.75) is 18.0 Å². The number of hydrazone groups is 1. The zero-order valence-electron chi connectivity index (χ0n) is 21.5. The molecule has 3 atom stereocenters. The average Bonchev–Trinajstić information content (AvgIpc) is 3.43. The van der Waals surface area contributed by atoms with Gasteiger partial charge in [-0.1, -0.05) is 72.3 Å². The third-order valence-electron chi connectivity index (χ3n) is 8.45. The smallest absolute Gasteiger partial charge is 0.187 e. The van der Waals surface area contributed by atoms with Gasteiger partial charge in [-0.3, -0.25) is 19.4 Å². The van der Waals surface area contributed by atoms with Gasteiger partial charge >= 0.3 is 0 Å². The molecule has 40 heavy (non-hydrogen) atoms. The number of nitrogens with zero attached hydrogens (tertiary/aromatic N) is 2. The minimum Gasteiger partial charge on any atom is -0.497 e. The summed E-state index contributed by atoms with van der Waals surface area (Å²) in [5, 5.41) is 6.97. The van der Waals surface area contributed by atoms with E-state index >= 15 is 0 Å². The van der Waals surface area contributed by atoms with Crippen LogP contribution in [0.3, 0.4) is 0 Å². The van der Waals surface area contributed by atoms with Crippen molar-refractivity contribution >= 4 is 35.2 Å². The number of fused-ring (bicyclic) bond motifs is 5. The second-order valence-corrected chi connectivity index (χ2v) is 10.7. The van der Waals surface area contributed by atoms with Gasteiger partial charge in [-0.05, 0) is 53.1 Å². The summed E-state index contributed by atoms with van der Waals surface area (Å²) in [6.07, 6.45) is 1.70. The summed E-state index contributed by atoms with van der Waals surface area (Å²) < 4.78 is 5.39. The minimum atomic E-state index is -1.61. The van der Waals surface area contributed by atoms with Crippen LogP contribution >= 0.6 is 11.6 Å². The minimum absolute atomic E-state index is 0.243. The molecule has 7 heteroatoms. The van der Waals surface area contributed by atoms with Crippen LogP contribution in [0.4, 0.5) is 0 Å². The van der Waals surface area contributed by atoms with Crippen LogP contribution in [0.2, 0.25) is 5.02 Å². The first-order valence-corrected chi connectivity index (χ1v) is 13.4. The predicted octanol–water partition coefficient (Wildman–Crippen LogP) is 6.15. The lowest BCUT2D eigenvalue weighted by atomic mass is 9.63. The molecule has 2 heterocycles. The van der Waals surface area contributed by atoms with Gasteiger partial charge in [0.1, 0.15) is 17.2 Å². The molecule has 0 N–H and O–H groups in total. The molecule has 0 unspecified atom stereocenters. The fourth-order valence-corrected chi connectivity index (χ4v) is 6.87. The second kappa shape index (κ2) is 9.00. The molecule has 3 aliphatic rings. The Kier molecular flexibility index (Phi) is 5.51. The summed E-state index contributed by atoms with van der Waals surface area (Å²) in [6.45, 7) is 0. The van der Waals surface area contributed by atoms with E-state index in [4.69, 9.17) is 21.4 Å². The zero-order chi connectivity index (χ0) is 27.6. The van der Waals surface area contributed by atoms with E-state index in [1.54, 1.807) is 79.0 Å². The van der Waals surface area contributed by atoms with Gasteiger partial charge in [-0.15, -0.1) is 0 Å². The quantitative estimate of drug-likeness (QED) is 0.226. The summed E-state index contributed by atoms with van der Waals surface area (Å²) in [5.41, 5.74) is 1.84. The standard InChI is InChI=1S/C33H23ClN2O4/c1-40-23-16-12-19(13-17-23)27-28(29(37)20-10-14-22(34)15-11-20)36-30(24-7-3-2-6-21(24)18-35-36)33(27)31(38)25-8-4-5-9-26(25)32(33)39/h2-18,27-28,30H,1H3/t27-,28+,30-/m1/s1. The van der Waals surface area contributed by atoms with Crippen molar-refractivity contribution in [2.24, 2.45) is 10.5 Å². The van der Waals surface area contributed by atoms with Gasteiger partial charge in [0.15, 0.2) is 17.3 Å². The molecule has 1 aliphatic carbocycles. The van der Waals surface area contributed by atoms with Crippen LogP contribution in [0.5, 0.6) is 5.75 Å². The summed E-state index contributed by atoms with van der Waals surface area (Å²) in [7, 11) is 1.57. The second-order valence-electron chi connectivity index (χ2n) is 10.3. The molecule has 6 nitrogen and oxygen atoms in total. The maximum Gasteiger partial charge on any atom is 0.187 e. The van der Waals surface area contributed by atoms with E-state index in [1.807, 2.05) is 36.4 Å². The van der Waals surface area contributed by atoms with Crippen molar-refractivity contribution in [2.75, 3.05) is 7.11 Å². The van der Waals surface area contributed by atoms with Gasteiger partial charge in [0, 0.05) is 27.6 Å². The Morgan fingerprint density at radius 3 is 2.12 bits per heavy atom. The first kappa shape index (κ1) is 24.5. The Bertz CT molecular complexity index is 1690. The molecule has 2 aliphatic heterocycles. The molecule has 4 aromatic carbocycles. The van der Waals surface area contributed by atoms with Gasteiger partial charge in [-0.2, -0.15) is 5.10 Å². The van der Waals surface area contributed by atoms with Crippen LogP contribution in [0.15, 0.2) is 102 Å². The maximum absolute atomic E-state index is 14.7. The fourth-order valence-electron chi connectivity index (χ4n) is 6.75. The highest BCUT2D eigenvalue weighted by molar-refractivity contribution is 6.32. The Balaban J connectivity index is 1.54. The summed E-state index contributed by atoms with van der Waals surface area (Å²) in [4.78, 5) is 43.9. The average molecular weight is 547 g/mol. The molecule has 0 radical (unpaired) electrons. The Morgan fingerprint density at radius 1 is 0.850 bits per heavy atom. The molecule has 0 aromatic heterocycles. The molecule has 0 saturated carbocycles. The van der Waals surface area contributed by atoms with Gasteiger partial charge < -0.3 is 4.74 Å². The van der Waals surface area contributed by atoms with Crippen molar-refractivity contribution in [1.82, 2.24) is 5.01 Å². The number of halogens is 1. The molecule has 196 valence electrons. The molecule has 1 saturated heterocycles. The number of carbonyl (C=O) groups excluding carboxylic acids is 3. The van der Waals surface area contributed by atoms with E-state index in [2.05, 4.69) is 0 Å². The molecule has 4 aromatic rings. The summed E-state index contributed by atoms with van der Waals surface area (Å²) >= 11 is 6.14. The molecule has 7 rings (SSSR count).